The lowest BCUT2D eigenvalue weighted by molar-refractivity contribution is 0.273. The summed E-state index contributed by atoms with van der Waals surface area (Å²) in [6.07, 6.45) is 17.5. The van der Waals surface area contributed by atoms with Gasteiger partial charge in [0.2, 0.25) is 0 Å². The molecule has 2 N–H and O–H groups in total. The number of unbranched alkanes of at least 4 members (excludes halogenated alkanes) is 11. The van der Waals surface area contributed by atoms with Crippen LogP contribution >= 0.6 is 19.8 Å². The van der Waals surface area contributed by atoms with Crippen molar-refractivity contribution in [1.29, 1.82) is 0 Å². The summed E-state index contributed by atoms with van der Waals surface area (Å²) in [5, 5.41) is 3.26. The molecule has 1 unspecified atom stereocenters. The Labute approximate surface area is 167 Å². The highest BCUT2D eigenvalue weighted by molar-refractivity contribution is 7.80. The Kier molecular flexibility index (Phi) is 18.4. The van der Waals surface area contributed by atoms with Gasteiger partial charge in [-0.25, -0.2) is 0 Å². The SMILES string of the molecule is CCCCCCCCCCCCCC(=S)NCCCCP(=O)(O)OCC. The van der Waals surface area contributed by atoms with Crippen LogP contribution in [0.15, 0.2) is 0 Å². The molecule has 4 nitrogen and oxygen atoms in total. The molecule has 0 aliphatic rings. The fourth-order valence-electron chi connectivity index (χ4n) is 2.97. The summed E-state index contributed by atoms with van der Waals surface area (Å²) in [5.41, 5.74) is 0. The molecule has 0 radical (unpaired) electrons. The molecule has 0 spiro atoms. The summed E-state index contributed by atoms with van der Waals surface area (Å²) in [6.45, 7) is 5.07. The van der Waals surface area contributed by atoms with Crippen LogP contribution in [0.4, 0.5) is 0 Å². The van der Waals surface area contributed by atoms with E-state index in [1.54, 1.807) is 6.92 Å². The van der Waals surface area contributed by atoms with E-state index in [2.05, 4.69) is 12.2 Å². The molecule has 0 aromatic heterocycles. The number of hydrogen-bond donors (Lipinski definition) is 2. The quantitative estimate of drug-likeness (QED) is 0.143. The molecule has 0 fully saturated rings. The predicted molar refractivity (Wildman–Crippen MR) is 117 cm³/mol. The highest BCUT2D eigenvalue weighted by atomic mass is 32.1. The van der Waals surface area contributed by atoms with Crippen molar-refractivity contribution in [2.75, 3.05) is 19.3 Å². The summed E-state index contributed by atoms with van der Waals surface area (Å²) in [4.78, 5) is 10.4. The van der Waals surface area contributed by atoms with Crippen LogP contribution in [0.3, 0.4) is 0 Å². The first kappa shape index (κ1) is 26.0. The van der Waals surface area contributed by atoms with E-state index in [9.17, 15) is 9.46 Å². The summed E-state index contributed by atoms with van der Waals surface area (Å²) in [5.74, 6) is 0. The van der Waals surface area contributed by atoms with Crippen LogP contribution < -0.4 is 5.32 Å². The fraction of sp³-hybridized carbons (Fsp3) is 0.950. The van der Waals surface area contributed by atoms with Crippen molar-refractivity contribution in [3.05, 3.63) is 0 Å². The second kappa shape index (κ2) is 18.4. The van der Waals surface area contributed by atoms with Crippen molar-refractivity contribution in [2.24, 2.45) is 0 Å². The number of nitrogens with one attached hydrogen (secondary N) is 1. The molecule has 0 aliphatic carbocycles. The Balaban J connectivity index is 3.31. The van der Waals surface area contributed by atoms with E-state index in [0.29, 0.717) is 6.42 Å². The fourth-order valence-corrected chi connectivity index (χ4v) is 4.37. The maximum Gasteiger partial charge on any atom is 0.328 e. The normalized spacial score (nSPS) is 13.5. The van der Waals surface area contributed by atoms with Gasteiger partial charge in [-0.3, -0.25) is 4.57 Å². The highest BCUT2D eigenvalue weighted by Gasteiger charge is 2.16. The molecule has 26 heavy (non-hydrogen) atoms. The van der Waals surface area contributed by atoms with E-state index in [1.165, 1.54) is 70.6 Å². The van der Waals surface area contributed by atoms with E-state index in [1.807, 2.05) is 0 Å². The van der Waals surface area contributed by atoms with Crippen LogP contribution in [0.25, 0.3) is 0 Å². The molecule has 0 rings (SSSR count). The van der Waals surface area contributed by atoms with Crippen LogP contribution in [0.2, 0.25) is 0 Å². The Morgan fingerprint density at radius 1 is 0.885 bits per heavy atom. The first-order valence-corrected chi connectivity index (χ1v) is 12.9. The second-order valence-corrected chi connectivity index (χ2v) is 9.59. The number of thiocarbonyl (C=S) groups is 1. The minimum absolute atomic E-state index is 0.230. The zero-order valence-corrected chi connectivity index (χ0v) is 18.9. The first-order valence-electron chi connectivity index (χ1n) is 10.7. The maximum absolute atomic E-state index is 11.5. The maximum atomic E-state index is 11.5. The molecule has 156 valence electrons. The van der Waals surface area contributed by atoms with Crippen molar-refractivity contribution >= 4 is 24.8 Å². The molecule has 6 heteroatoms. The molecule has 0 saturated heterocycles. The zero-order valence-electron chi connectivity index (χ0n) is 17.1. The molecule has 0 bridgehead atoms. The smallest absolute Gasteiger partial charge is 0.328 e. The first-order chi connectivity index (χ1) is 12.5. The van der Waals surface area contributed by atoms with E-state index in [4.69, 9.17) is 16.7 Å². The van der Waals surface area contributed by atoms with Crippen molar-refractivity contribution in [2.45, 2.75) is 104 Å². The van der Waals surface area contributed by atoms with Crippen molar-refractivity contribution in [1.82, 2.24) is 5.32 Å². The van der Waals surface area contributed by atoms with Gasteiger partial charge in [-0.1, -0.05) is 83.3 Å². The zero-order chi connectivity index (χ0) is 19.5. The highest BCUT2D eigenvalue weighted by Crippen LogP contribution is 2.42. The third-order valence-electron chi connectivity index (χ3n) is 4.53. The van der Waals surface area contributed by atoms with Gasteiger partial charge in [0, 0.05) is 6.54 Å². The van der Waals surface area contributed by atoms with Gasteiger partial charge in [-0.15, -0.1) is 0 Å². The molecular formula is C20H42NO3PS. The van der Waals surface area contributed by atoms with Gasteiger partial charge in [0.05, 0.1) is 17.8 Å². The molecular weight excluding hydrogens is 365 g/mol. The van der Waals surface area contributed by atoms with Crippen LogP contribution in [0, 0.1) is 0 Å². The minimum atomic E-state index is -3.36. The monoisotopic (exact) mass is 407 g/mol. The van der Waals surface area contributed by atoms with Gasteiger partial charge >= 0.3 is 7.60 Å². The average Bonchev–Trinajstić information content (AvgIpc) is 2.59. The Morgan fingerprint density at radius 3 is 1.96 bits per heavy atom. The lowest BCUT2D eigenvalue weighted by atomic mass is 10.1. The molecule has 0 aromatic carbocycles. The Bertz CT molecular complexity index is 380. The number of rotatable bonds is 19. The lowest BCUT2D eigenvalue weighted by Crippen LogP contribution is -2.22. The largest absolute Gasteiger partial charge is 0.380 e. The summed E-state index contributed by atoms with van der Waals surface area (Å²) in [7, 11) is -3.36. The summed E-state index contributed by atoms with van der Waals surface area (Å²) < 4.78 is 16.4. The van der Waals surface area contributed by atoms with Crippen LogP contribution in [0.5, 0.6) is 0 Å². The van der Waals surface area contributed by atoms with E-state index in [0.717, 1.165) is 24.4 Å². The molecule has 0 amide bonds. The van der Waals surface area contributed by atoms with Crippen molar-refractivity contribution in [3.8, 4) is 0 Å². The van der Waals surface area contributed by atoms with Crippen LogP contribution in [-0.2, 0) is 9.09 Å². The standard InChI is InChI=1S/C20H42NO3PS/c1-3-5-6-7-8-9-10-11-12-13-14-17-20(26)21-18-15-16-19-25(22,23)24-4-2/h3-19H2,1-2H3,(H,21,26)(H,22,23). The van der Waals surface area contributed by atoms with E-state index < -0.39 is 7.60 Å². The lowest BCUT2D eigenvalue weighted by Gasteiger charge is -2.11. The van der Waals surface area contributed by atoms with Gasteiger partial charge in [-0.05, 0) is 32.6 Å². The average molecular weight is 408 g/mol. The van der Waals surface area contributed by atoms with Crippen molar-refractivity contribution < 1.29 is 14.0 Å². The van der Waals surface area contributed by atoms with Gasteiger partial charge < -0.3 is 14.7 Å². The molecule has 0 heterocycles. The van der Waals surface area contributed by atoms with E-state index >= 15 is 0 Å². The topological polar surface area (TPSA) is 58.6 Å². The van der Waals surface area contributed by atoms with Crippen molar-refractivity contribution in [3.63, 3.8) is 0 Å². The van der Waals surface area contributed by atoms with Crippen LogP contribution in [0.1, 0.15) is 104 Å². The molecule has 0 aromatic rings. The molecule has 1 atom stereocenters. The Hall–Kier alpha value is 0.0400. The van der Waals surface area contributed by atoms with Gasteiger partial charge in [-0.2, -0.15) is 0 Å². The minimum Gasteiger partial charge on any atom is -0.380 e. The van der Waals surface area contributed by atoms with Crippen LogP contribution in [-0.4, -0.2) is 29.2 Å². The second-order valence-electron chi connectivity index (χ2n) is 7.12. The number of hydrogen-bond acceptors (Lipinski definition) is 3. The predicted octanol–water partition coefficient (Wildman–Crippen LogP) is 6.61. The third kappa shape index (κ3) is 18.8. The summed E-state index contributed by atoms with van der Waals surface area (Å²) >= 11 is 5.35. The Morgan fingerprint density at radius 2 is 1.42 bits per heavy atom. The molecule has 0 aliphatic heterocycles. The third-order valence-corrected chi connectivity index (χ3v) is 6.42. The van der Waals surface area contributed by atoms with E-state index in [-0.39, 0.29) is 12.8 Å². The van der Waals surface area contributed by atoms with Gasteiger partial charge in [0.25, 0.3) is 0 Å². The summed E-state index contributed by atoms with van der Waals surface area (Å²) in [6, 6.07) is 0. The van der Waals surface area contributed by atoms with Gasteiger partial charge in [0.1, 0.15) is 0 Å². The molecule has 0 saturated carbocycles. The van der Waals surface area contributed by atoms with Gasteiger partial charge in [0.15, 0.2) is 0 Å².